The zero-order valence-electron chi connectivity index (χ0n) is 10.4. The summed E-state index contributed by atoms with van der Waals surface area (Å²) in [5.41, 5.74) is 0.783. The van der Waals surface area contributed by atoms with Crippen molar-refractivity contribution in [3.8, 4) is 0 Å². The molecule has 19 heavy (non-hydrogen) atoms. The van der Waals surface area contributed by atoms with Crippen molar-refractivity contribution in [1.82, 2.24) is 4.98 Å². The van der Waals surface area contributed by atoms with Gasteiger partial charge in [-0.1, -0.05) is 0 Å². The predicted octanol–water partition coefficient (Wildman–Crippen LogP) is 3.83. The van der Waals surface area contributed by atoms with Crippen LogP contribution >= 0.6 is 15.9 Å². The molecule has 2 aromatic rings. The Morgan fingerprint density at radius 1 is 1.53 bits per heavy atom. The van der Waals surface area contributed by atoms with Crippen LogP contribution in [-0.2, 0) is 0 Å². The fraction of sp³-hybridized carbons (Fsp3) is 0.250. The molecule has 1 unspecified atom stereocenters. The Morgan fingerprint density at radius 3 is 2.79 bits per heavy atom. The second kappa shape index (κ2) is 5.40. The van der Waals surface area contributed by atoms with E-state index in [1.807, 2.05) is 13.8 Å². The number of benzene rings is 1. The predicted molar refractivity (Wildman–Crippen MR) is 74.1 cm³/mol. The van der Waals surface area contributed by atoms with Crippen molar-refractivity contribution in [2.24, 2.45) is 0 Å². The number of aromatic nitrogens is 1. The Morgan fingerprint density at radius 2 is 2.26 bits per heavy atom. The SMILES string of the molecule is Cc1cnc(C(C)Nc2ccc([N+](=O)[O-])cc2Br)o1. The van der Waals surface area contributed by atoms with E-state index in [0.717, 1.165) is 11.4 Å². The third-order valence-corrected chi connectivity index (χ3v) is 3.20. The van der Waals surface area contributed by atoms with Crippen LogP contribution in [0.2, 0.25) is 0 Å². The van der Waals surface area contributed by atoms with Gasteiger partial charge in [0.05, 0.1) is 11.1 Å². The van der Waals surface area contributed by atoms with Crippen LogP contribution in [0.15, 0.2) is 33.3 Å². The Labute approximate surface area is 118 Å². The van der Waals surface area contributed by atoms with Gasteiger partial charge >= 0.3 is 0 Å². The normalized spacial score (nSPS) is 12.2. The zero-order valence-corrected chi connectivity index (χ0v) is 12.0. The van der Waals surface area contributed by atoms with Crippen molar-refractivity contribution in [3.05, 3.63) is 50.6 Å². The lowest BCUT2D eigenvalue weighted by atomic mass is 10.2. The monoisotopic (exact) mass is 325 g/mol. The second-order valence-corrected chi connectivity index (χ2v) is 4.95. The van der Waals surface area contributed by atoms with Crippen LogP contribution in [0.1, 0.15) is 24.6 Å². The molecule has 0 aliphatic carbocycles. The molecule has 1 N–H and O–H groups in total. The number of anilines is 1. The Kier molecular flexibility index (Phi) is 3.84. The van der Waals surface area contributed by atoms with E-state index in [2.05, 4.69) is 26.2 Å². The van der Waals surface area contributed by atoms with Crippen LogP contribution in [0.3, 0.4) is 0 Å². The van der Waals surface area contributed by atoms with E-state index < -0.39 is 4.92 Å². The number of non-ortho nitro benzene ring substituents is 1. The standard InChI is InChI=1S/C12H12BrN3O3/c1-7-6-14-12(19-7)8(2)15-11-4-3-9(16(17)18)5-10(11)13/h3-6,8,15H,1-2H3. The van der Waals surface area contributed by atoms with Gasteiger partial charge in [-0.05, 0) is 35.8 Å². The van der Waals surface area contributed by atoms with Crippen molar-refractivity contribution in [2.75, 3.05) is 5.32 Å². The largest absolute Gasteiger partial charge is 0.444 e. The molecule has 1 heterocycles. The number of oxazole rings is 1. The van der Waals surface area contributed by atoms with Gasteiger partial charge in [-0.2, -0.15) is 0 Å². The van der Waals surface area contributed by atoms with Crippen molar-refractivity contribution in [2.45, 2.75) is 19.9 Å². The van der Waals surface area contributed by atoms with Crippen LogP contribution in [0.25, 0.3) is 0 Å². The average Bonchev–Trinajstić information content (AvgIpc) is 2.78. The summed E-state index contributed by atoms with van der Waals surface area (Å²) in [7, 11) is 0. The summed E-state index contributed by atoms with van der Waals surface area (Å²) in [6.45, 7) is 3.73. The third kappa shape index (κ3) is 3.11. The maximum atomic E-state index is 10.7. The highest BCUT2D eigenvalue weighted by Gasteiger charge is 2.14. The van der Waals surface area contributed by atoms with Gasteiger partial charge in [0.25, 0.3) is 5.69 Å². The van der Waals surface area contributed by atoms with Crippen LogP contribution in [0, 0.1) is 17.0 Å². The molecule has 0 fully saturated rings. The number of aryl methyl sites for hydroxylation is 1. The van der Waals surface area contributed by atoms with E-state index in [1.165, 1.54) is 12.1 Å². The smallest absolute Gasteiger partial charge is 0.270 e. The summed E-state index contributed by atoms with van der Waals surface area (Å²) in [5.74, 6) is 1.31. The first kappa shape index (κ1) is 13.5. The lowest BCUT2D eigenvalue weighted by molar-refractivity contribution is -0.384. The van der Waals surface area contributed by atoms with E-state index in [-0.39, 0.29) is 11.7 Å². The zero-order chi connectivity index (χ0) is 14.0. The summed E-state index contributed by atoms with van der Waals surface area (Å²) in [4.78, 5) is 14.3. The van der Waals surface area contributed by atoms with Gasteiger partial charge in [0, 0.05) is 22.3 Å². The van der Waals surface area contributed by atoms with Gasteiger partial charge in [-0.15, -0.1) is 0 Å². The molecule has 1 aromatic heterocycles. The molecule has 0 radical (unpaired) electrons. The fourth-order valence-corrected chi connectivity index (χ4v) is 2.08. The summed E-state index contributed by atoms with van der Waals surface area (Å²) in [6, 6.07) is 4.41. The van der Waals surface area contributed by atoms with E-state index in [0.29, 0.717) is 10.4 Å². The van der Waals surface area contributed by atoms with Crippen LogP contribution in [0.5, 0.6) is 0 Å². The fourth-order valence-electron chi connectivity index (χ4n) is 1.60. The Balaban J connectivity index is 2.17. The van der Waals surface area contributed by atoms with Crippen LogP contribution < -0.4 is 5.32 Å². The lowest BCUT2D eigenvalue weighted by Crippen LogP contribution is -2.07. The van der Waals surface area contributed by atoms with Gasteiger partial charge in [-0.25, -0.2) is 4.98 Å². The van der Waals surface area contributed by atoms with Crippen molar-refractivity contribution in [3.63, 3.8) is 0 Å². The van der Waals surface area contributed by atoms with E-state index >= 15 is 0 Å². The first-order chi connectivity index (χ1) is 8.97. The maximum Gasteiger partial charge on any atom is 0.270 e. The van der Waals surface area contributed by atoms with Gasteiger partial charge in [0.2, 0.25) is 5.89 Å². The number of rotatable bonds is 4. The number of nitrogens with one attached hydrogen (secondary N) is 1. The highest BCUT2D eigenvalue weighted by atomic mass is 79.9. The molecule has 0 saturated carbocycles. The molecule has 0 aliphatic rings. The molecule has 2 rings (SSSR count). The van der Waals surface area contributed by atoms with Crippen molar-refractivity contribution < 1.29 is 9.34 Å². The molecule has 0 aliphatic heterocycles. The molecule has 7 heteroatoms. The minimum Gasteiger partial charge on any atom is -0.444 e. The van der Waals surface area contributed by atoms with Crippen molar-refractivity contribution in [1.29, 1.82) is 0 Å². The van der Waals surface area contributed by atoms with Gasteiger partial charge < -0.3 is 9.73 Å². The number of nitro benzene ring substituents is 1. The number of hydrogen-bond acceptors (Lipinski definition) is 5. The molecular formula is C12H12BrN3O3. The minimum absolute atomic E-state index is 0.0389. The highest BCUT2D eigenvalue weighted by Crippen LogP contribution is 2.29. The summed E-state index contributed by atoms with van der Waals surface area (Å²) in [6.07, 6.45) is 1.65. The number of hydrogen-bond donors (Lipinski definition) is 1. The third-order valence-electron chi connectivity index (χ3n) is 2.55. The molecule has 1 atom stereocenters. The molecular weight excluding hydrogens is 314 g/mol. The minimum atomic E-state index is -0.435. The quantitative estimate of drug-likeness (QED) is 0.682. The van der Waals surface area contributed by atoms with Crippen LogP contribution in [0.4, 0.5) is 11.4 Å². The van der Waals surface area contributed by atoms with Crippen molar-refractivity contribution >= 4 is 27.3 Å². The molecule has 6 nitrogen and oxygen atoms in total. The lowest BCUT2D eigenvalue weighted by Gasteiger charge is -2.13. The molecule has 0 amide bonds. The highest BCUT2D eigenvalue weighted by molar-refractivity contribution is 9.10. The number of halogens is 1. The van der Waals surface area contributed by atoms with Gasteiger partial charge in [-0.3, -0.25) is 10.1 Å². The molecule has 1 aromatic carbocycles. The second-order valence-electron chi connectivity index (χ2n) is 4.10. The Hall–Kier alpha value is -1.89. The summed E-state index contributed by atoms with van der Waals surface area (Å²) >= 11 is 3.30. The van der Waals surface area contributed by atoms with E-state index in [1.54, 1.807) is 12.3 Å². The van der Waals surface area contributed by atoms with Gasteiger partial charge in [0.15, 0.2) is 0 Å². The molecule has 0 bridgehead atoms. The van der Waals surface area contributed by atoms with Gasteiger partial charge in [0.1, 0.15) is 11.8 Å². The van der Waals surface area contributed by atoms with Crippen LogP contribution in [-0.4, -0.2) is 9.91 Å². The summed E-state index contributed by atoms with van der Waals surface area (Å²) < 4.78 is 6.04. The maximum absolute atomic E-state index is 10.7. The topological polar surface area (TPSA) is 81.2 Å². The van der Waals surface area contributed by atoms with E-state index in [9.17, 15) is 10.1 Å². The average molecular weight is 326 g/mol. The first-order valence-electron chi connectivity index (χ1n) is 5.60. The summed E-state index contributed by atoms with van der Waals surface area (Å²) in [5, 5.41) is 13.8. The van der Waals surface area contributed by atoms with E-state index in [4.69, 9.17) is 4.42 Å². The number of nitrogens with zero attached hydrogens (tertiary/aromatic N) is 2. The number of nitro groups is 1. The molecule has 0 spiro atoms. The molecule has 100 valence electrons. The molecule has 0 saturated heterocycles. The Bertz CT molecular complexity index is 612. The first-order valence-corrected chi connectivity index (χ1v) is 6.39.